The normalized spacial score (nSPS) is 16.4. The van der Waals surface area contributed by atoms with E-state index in [0.29, 0.717) is 0 Å². The van der Waals surface area contributed by atoms with E-state index in [9.17, 15) is 15.0 Å². The molecule has 1 atom stereocenters. The van der Waals surface area contributed by atoms with E-state index in [-0.39, 0.29) is 5.92 Å². The Hall–Kier alpha value is -1.00. The van der Waals surface area contributed by atoms with Crippen molar-refractivity contribution >= 4 is 0 Å². The Bertz CT molecular complexity index is 157. The van der Waals surface area contributed by atoms with E-state index in [4.69, 9.17) is 0 Å². The van der Waals surface area contributed by atoms with E-state index in [1.54, 1.807) is 13.8 Å². The number of nitro groups is 1. The van der Waals surface area contributed by atoms with Gasteiger partial charge in [0.1, 0.15) is 0 Å². The van der Waals surface area contributed by atoms with Gasteiger partial charge in [-0.25, -0.2) is 0 Å². The highest BCUT2D eigenvalue weighted by Gasteiger charge is 2.42. The molecular formula is C5H10N2O3. The van der Waals surface area contributed by atoms with Crippen molar-refractivity contribution < 1.29 is 4.92 Å². The van der Waals surface area contributed by atoms with Gasteiger partial charge in [0.05, 0.1) is 4.92 Å². The quantitative estimate of drug-likeness (QED) is 0.343. The highest BCUT2D eigenvalue weighted by Crippen LogP contribution is 2.20. The number of hydrogen-bond acceptors (Lipinski definition) is 4. The molecule has 0 aliphatic rings. The van der Waals surface area contributed by atoms with E-state index < -0.39 is 10.6 Å². The van der Waals surface area contributed by atoms with Gasteiger partial charge < -0.3 is 0 Å². The highest BCUT2D eigenvalue weighted by molar-refractivity contribution is 4.73. The molecule has 0 aliphatic carbocycles. The van der Waals surface area contributed by atoms with Gasteiger partial charge in [0.15, 0.2) is 0 Å². The molecule has 0 radical (unpaired) electrons. The third kappa shape index (κ3) is 1.29. The average molecular weight is 146 g/mol. The second-order valence-electron chi connectivity index (χ2n) is 2.60. The van der Waals surface area contributed by atoms with Crippen molar-refractivity contribution in [1.82, 2.24) is 0 Å². The second kappa shape index (κ2) is 2.72. The van der Waals surface area contributed by atoms with E-state index in [0.717, 1.165) is 0 Å². The zero-order chi connectivity index (χ0) is 8.36. The summed E-state index contributed by atoms with van der Waals surface area (Å²) >= 11 is 0. The Morgan fingerprint density at radius 3 is 2.00 bits per heavy atom. The monoisotopic (exact) mass is 146 g/mol. The lowest BCUT2D eigenvalue weighted by Crippen LogP contribution is -2.37. The molecule has 0 fully saturated rings. The van der Waals surface area contributed by atoms with Gasteiger partial charge >= 0.3 is 5.66 Å². The smallest absolute Gasteiger partial charge is 0.262 e. The van der Waals surface area contributed by atoms with E-state index in [1.165, 1.54) is 6.92 Å². The maximum atomic E-state index is 10.2. The lowest BCUT2D eigenvalue weighted by molar-refractivity contribution is -0.573. The van der Waals surface area contributed by atoms with Crippen LogP contribution in [0, 0.1) is 20.9 Å². The summed E-state index contributed by atoms with van der Waals surface area (Å²) in [6.45, 7) is 4.39. The van der Waals surface area contributed by atoms with Crippen LogP contribution in [-0.4, -0.2) is 10.6 Å². The lowest BCUT2D eigenvalue weighted by atomic mass is 10.0. The molecule has 10 heavy (non-hydrogen) atoms. The molecule has 0 aromatic carbocycles. The van der Waals surface area contributed by atoms with Crippen LogP contribution in [0.3, 0.4) is 0 Å². The van der Waals surface area contributed by atoms with Crippen LogP contribution in [0.1, 0.15) is 20.8 Å². The lowest BCUT2D eigenvalue weighted by Gasteiger charge is -2.15. The number of rotatable bonds is 3. The zero-order valence-corrected chi connectivity index (χ0v) is 6.20. The molecule has 0 N–H and O–H groups in total. The van der Waals surface area contributed by atoms with Crippen LogP contribution >= 0.6 is 0 Å². The molecule has 5 heteroatoms. The Kier molecular flexibility index (Phi) is 2.45. The van der Waals surface area contributed by atoms with Crippen LogP contribution in [0.4, 0.5) is 0 Å². The number of hydrogen-bond donors (Lipinski definition) is 0. The second-order valence-corrected chi connectivity index (χ2v) is 2.60. The third-order valence-electron chi connectivity index (χ3n) is 1.65. The summed E-state index contributed by atoms with van der Waals surface area (Å²) in [6.07, 6.45) is 0. The predicted molar refractivity (Wildman–Crippen MR) is 36.0 cm³/mol. The van der Waals surface area contributed by atoms with Gasteiger partial charge in [-0.2, -0.15) is 0 Å². The first-order valence-electron chi connectivity index (χ1n) is 2.94. The SMILES string of the molecule is CC(C)C(C)(N=O)[N+](=O)[O-]. The fourth-order valence-electron chi connectivity index (χ4n) is 0.350. The number of nitrogens with zero attached hydrogens (tertiary/aromatic N) is 2. The Morgan fingerprint density at radius 1 is 1.60 bits per heavy atom. The average Bonchev–Trinajstić information content (AvgIpc) is 1.85. The molecule has 58 valence electrons. The summed E-state index contributed by atoms with van der Waals surface area (Å²) in [6, 6.07) is 0. The van der Waals surface area contributed by atoms with Gasteiger partial charge in [-0.15, -0.1) is 4.91 Å². The fourth-order valence-corrected chi connectivity index (χ4v) is 0.350. The van der Waals surface area contributed by atoms with Crippen molar-refractivity contribution in [1.29, 1.82) is 0 Å². The molecule has 0 amide bonds. The Balaban J connectivity index is 4.54. The number of nitroso groups, excluding NO2 is 1. The summed E-state index contributed by atoms with van der Waals surface area (Å²) in [5.74, 6) is -0.375. The minimum atomic E-state index is -1.67. The van der Waals surface area contributed by atoms with Gasteiger partial charge in [0.2, 0.25) is 0 Å². The van der Waals surface area contributed by atoms with Crippen LogP contribution in [0.5, 0.6) is 0 Å². The summed E-state index contributed by atoms with van der Waals surface area (Å²) in [5, 5.41) is 12.7. The van der Waals surface area contributed by atoms with Gasteiger partial charge in [-0.05, 0) is 0 Å². The van der Waals surface area contributed by atoms with Gasteiger partial charge in [-0.1, -0.05) is 13.8 Å². The van der Waals surface area contributed by atoms with Crippen molar-refractivity contribution in [2.75, 3.05) is 0 Å². The van der Waals surface area contributed by atoms with Crippen LogP contribution in [0.2, 0.25) is 0 Å². The minimum Gasteiger partial charge on any atom is -0.262 e. The molecule has 0 aromatic rings. The Labute approximate surface area is 58.5 Å². The topological polar surface area (TPSA) is 72.6 Å². The van der Waals surface area contributed by atoms with E-state index >= 15 is 0 Å². The third-order valence-corrected chi connectivity index (χ3v) is 1.65. The van der Waals surface area contributed by atoms with Crippen LogP contribution in [-0.2, 0) is 0 Å². The predicted octanol–water partition coefficient (Wildman–Crippen LogP) is 1.40. The van der Waals surface area contributed by atoms with Crippen molar-refractivity contribution in [3.8, 4) is 0 Å². The highest BCUT2D eigenvalue weighted by atomic mass is 16.6. The van der Waals surface area contributed by atoms with Crippen molar-refractivity contribution in [3.63, 3.8) is 0 Å². The zero-order valence-electron chi connectivity index (χ0n) is 6.20. The van der Waals surface area contributed by atoms with Crippen LogP contribution in [0.25, 0.3) is 0 Å². The standard InChI is InChI=1S/C5H10N2O3/c1-4(2)5(3,6-8)7(9)10/h4H,1-3H3. The van der Waals surface area contributed by atoms with E-state index in [2.05, 4.69) is 5.18 Å². The molecule has 0 aromatic heterocycles. The molecule has 1 unspecified atom stereocenters. The first kappa shape index (κ1) is 9.00. The molecular weight excluding hydrogens is 136 g/mol. The molecule has 0 heterocycles. The largest absolute Gasteiger partial charge is 0.347 e. The summed E-state index contributed by atoms with van der Waals surface area (Å²) in [5.41, 5.74) is -1.67. The molecule has 0 rings (SSSR count). The fraction of sp³-hybridized carbons (Fsp3) is 1.00. The molecule has 0 aliphatic heterocycles. The van der Waals surface area contributed by atoms with Gasteiger partial charge in [-0.3, -0.25) is 10.1 Å². The molecule has 0 saturated carbocycles. The summed E-state index contributed by atoms with van der Waals surface area (Å²) in [4.78, 5) is 19.6. The van der Waals surface area contributed by atoms with Gasteiger partial charge in [0.25, 0.3) is 0 Å². The van der Waals surface area contributed by atoms with Crippen molar-refractivity contribution in [3.05, 3.63) is 15.0 Å². The first-order chi connectivity index (χ1) is 4.45. The molecule has 0 bridgehead atoms. The summed E-state index contributed by atoms with van der Waals surface area (Å²) < 4.78 is 0. The Morgan fingerprint density at radius 2 is 2.00 bits per heavy atom. The van der Waals surface area contributed by atoms with Crippen LogP contribution in [0.15, 0.2) is 5.18 Å². The van der Waals surface area contributed by atoms with Gasteiger partial charge in [0, 0.05) is 18.0 Å². The summed E-state index contributed by atoms with van der Waals surface area (Å²) in [7, 11) is 0. The van der Waals surface area contributed by atoms with Crippen LogP contribution < -0.4 is 0 Å². The maximum absolute atomic E-state index is 10.2. The first-order valence-corrected chi connectivity index (χ1v) is 2.94. The van der Waals surface area contributed by atoms with Crippen molar-refractivity contribution in [2.24, 2.45) is 11.1 Å². The maximum Gasteiger partial charge on any atom is 0.347 e. The molecule has 0 saturated heterocycles. The minimum absolute atomic E-state index is 0.375. The van der Waals surface area contributed by atoms with Crippen molar-refractivity contribution in [2.45, 2.75) is 26.4 Å². The molecule has 5 nitrogen and oxygen atoms in total. The molecule has 0 spiro atoms. The van der Waals surface area contributed by atoms with E-state index in [1.807, 2.05) is 0 Å².